The van der Waals surface area contributed by atoms with Crippen molar-refractivity contribution in [2.45, 2.75) is 50.1 Å². The fraction of sp³-hybridized carbons (Fsp3) is 0.412. The minimum atomic E-state index is -0.485. The molecule has 1 aliphatic carbocycles. The summed E-state index contributed by atoms with van der Waals surface area (Å²) in [4.78, 5) is 25.6. The summed E-state index contributed by atoms with van der Waals surface area (Å²) in [7, 11) is 0. The Morgan fingerprint density at radius 2 is 2.23 bits per heavy atom. The molecule has 0 aliphatic heterocycles. The van der Waals surface area contributed by atoms with Crippen LogP contribution in [0, 0.1) is 6.92 Å². The third kappa shape index (κ3) is 3.54. The van der Waals surface area contributed by atoms with Crippen molar-refractivity contribution in [1.29, 1.82) is 0 Å². The summed E-state index contributed by atoms with van der Waals surface area (Å²) in [5.41, 5.74) is 7.01. The predicted octanol–water partition coefficient (Wildman–Crippen LogP) is 2.54. The molecule has 3 N–H and O–H groups in total. The monoisotopic (exact) mass is 391 g/mol. The molecular formula is C17H21N5O2S2. The Labute approximate surface area is 160 Å². The van der Waals surface area contributed by atoms with Gasteiger partial charge in [-0.1, -0.05) is 17.8 Å². The van der Waals surface area contributed by atoms with Gasteiger partial charge < -0.3 is 15.6 Å². The van der Waals surface area contributed by atoms with Crippen molar-refractivity contribution in [3.63, 3.8) is 0 Å². The number of anilines is 1. The highest BCUT2D eigenvalue weighted by atomic mass is 32.2. The van der Waals surface area contributed by atoms with Gasteiger partial charge in [-0.15, -0.1) is 28.1 Å². The summed E-state index contributed by atoms with van der Waals surface area (Å²) in [5, 5.41) is 11.9. The van der Waals surface area contributed by atoms with E-state index in [9.17, 15) is 9.59 Å². The van der Waals surface area contributed by atoms with E-state index < -0.39 is 11.2 Å². The number of hydrogen-bond acceptors (Lipinski definition) is 6. The van der Waals surface area contributed by atoms with Gasteiger partial charge in [0.1, 0.15) is 10.8 Å². The van der Waals surface area contributed by atoms with Crippen molar-refractivity contribution >= 4 is 39.9 Å². The minimum Gasteiger partial charge on any atom is -0.365 e. The molecule has 138 valence electrons. The van der Waals surface area contributed by atoms with Gasteiger partial charge in [0, 0.05) is 11.4 Å². The topological polar surface area (TPSA) is 103 Å². The molecule has 0 bridgehead atoms. The van der Waals surface area contributed by atoms with E-state index in [1.54, 1.807) is 13.0 Å². The molecule has 26 heavy (non-hydrogen) atoms. The Bertz CT molecular complexity index is 871. The first kappa shape index (κ1) is 18.7. The number of thiophene rings is 1. The minimum absolute atomic E-state index is 0.191. The van der Waals surface area contributed by atoms with Gasteiger partial charge in [-0.3, -0.25) is 9.59 Å². The van der Waals surface area contributed by atoms with Crippen molar-refractivity contribution in [1.82, 2.24) is 14.8 Å². The molecule has 3 rings (SSSR count). The number of fused-ring (bicyclic) bond motifs is 1. The van der Waals surface area contributed by atoms with Crippen LogP contribution in [0.4, 0.5) is 5.00 Å². The Kier molecular flexibility index (Phi) is 5.47. The normalized spacial score (nSPS) is 14.1. The highest BCUT2D eigenvalue weighted by Crippen LogP contribution is 2.39. The largest absolute Gasteiger partial charge is 0.365 e. The number of hydrogen-bond donors (Lipinski definition) is 2. The van der Waals surface area contributed by atoms with Gasteiger partial charge in [0.2, 0.25) is 5.91 Å². The average Bonchev–Trinajstić information content (AvgIpc) is 3.24. The number of nitrogens with zero attached hydrogens (tertiary/aromatic N) is 3. The zero-order valence-electron chi connectivity index (χ0n) is 14.7. The second-order valence-electron chi connectivity index (χ2n) is 6.10. The molecule has 9 heteroatoms. The second kappa shape index (κ2) is 7.63. The number of nitrogens with one attached hydrogen (secondary N) is 1. The number of rotatable bonds is 7. The summed E-state index contributed by atoms with van der Waals surface area (Å²) in [5.74, 6) is 0.0929. The summed E-state index contributed by atoms with van der Waals surface area (Å²) in [6, 6.07) is 0. The fourth-order valence-electron chi connectivity index (χ4n) is 2.97. The maximum atomic E-state index is 12.6. The maximum Gasteiger partial charge on any atom is 0.251 e. The molecule has 2 amide bonds. The Morgan fingerprint density at radius 3 is 2.92 bits per heavy atom. The van der Waals surface area contributed by atoms with Crippen LogP contribution < -0.4 is 11.1 Å². The molecule has 1 atom stereocenters. The molecule has 0 radical (unpaired) electrons. The van der Waals surface area contributed by atoms with Crippen molar-refractivity contribution in [3.05, 3.63) is 34.5 Å². The number of aryl methyl sites for hydroxylation is 2. The molecule has 0 saturated heterocycles. The number of thioether (sulfide) groups is 1. The van der Waals surface area contributed by atoms with E-state index in [1.165, 1.54) is 23.1 Å². The van der Waals surface area contributed by atoms with Gasteiger partial charge in [0.25, 0.3) is 5.91 Å². The van der Waals surface area contributed by atoms with Crippen LogP contribution in [0.2, 0.25) is 0 Å². The molecule has 2 aromatic heterocycles. The molecule has 2 heterocycles. The summed E-state index contributed by atoms with van der Waals surface area (Å²) in [6.07, 6.45) is 4.57. The van der Waals surface area contributed by atoms with E-state index in [-0.39, 0.29) is 5.91 Å². The van der Waals surface area contributed by atoms with E-state index in [4.69, 9.17) is 5.73 Å². The Balaban J connectivity index is 1.75. The maximum absolute atomic E-state index is 12.6. The molecule has 0 spiro atoms. The predicted molar refractivity (Wildman–Crippen MR) is 104 cm³/mol. The number of carbonyl (C=O) groups excluding carboxylic acids is 2. The van der Waals surface area contributed by atoms with Gasteiger partial charge in [0.15, 0.2) is 5.16 Å². The molecule has 0 fully saturated rings. The summed E-state index contributed by atoms with van der Waals surface area (Å²) in [6.45, 7) is 7.97. The lowest BCUT2D eigenvalue weighted by atomic mass is 10.1. The zero-order chi connectivity index (χ0) is 18.8. The lowest BCUT2D eigenvalue weighted by molar-refractivity contribution is -0.115. The second-order valence-corrected chi connectivity index (χ2v) is 8.52. The van der Waals surface area contributed by atoms with Crippen molar-refractivity contribution in [3.8, 4) is 0 Å². The number of aromatic nitrogens is 3. The first-order chi connectivity index (χ1) is 12.4. The molecular weight excluding hydrogens is 370 g/mol. The molecule has 1 aliphatic rings. The van der Waals surface area contributed by atoms with Crippen LogP contribution >= 0.6 is 23.1 Å². The lowest BCUT2D eigenvalue weighted by Gasteiger charge is -2.12. The number of primary amides is 1. The zero-order valence-corrected chi connectivity index (χ0v) is 16.4. The van der Waals surface area contributed by atoms with Crippen molar-refractivity contribution in [2.24, 2.45) is 5.73 Å². The van der Waals surface area contributed by atoms with Gasteiger partial charge in [-0.25, -0.2) is 0 Å². The van der Waals surface area contributed by atoms with Crippen LogP contribution in [0.5, 0.6) is 0 Å². The molecule has 0 saturated carbocycles. The highest BCUT2D eigenvalue weighted by molar-refractivity contribution is 8.00. The van der Waals surface area contributed by atoms with Crippen LogP contribution in [-0.4, -0.2) is 31.8 Å². The van der Waals surface area contributed by atoms with Crippen LogP contribution in [-0.2, 0) is 24.2 Å². The first-order valence-corrected chi connectivity index (χ1v) is 10.0. The smallest absolute Gasteiger partial charge is 0.251 e. The Morgan fingerprint density at radius 1 is 1.46 bits per heavy atom. The highest BCUT2D eigenvalue weighted by Gasteiger charge is 2.27. The summed E-state index contributed by atoms with van der Waals surface area (Å²) < 4.78 is 1.90. The number of amides is 2. The standard InChI is InChI=1S/C17H21N5O2S2/c1-4-8-22-10(3)20-21-17(22)25-9(2)15(24)19-16-13(14(18)23)11-6-5-7-12(11)26-16/h4,9H,1,5-8H2,2-3H3,(H2,18,23)(H,19,24)/t9-/m1/s1. The van der Waals surface area contributed by atoms with Gasteiger partial charge in [-0.05, 0) is 38.7 Å². The van der Waals surface area contributed by atoms with E-state index in [0.717, 1.165) is 35.5 Å². The third-order valence-electron chi connectivity index (χ3n) is 4.27. The van der Waals surface area contributed by atoms with Crippen LogP contribution in [0.15, 0.2) is 17.8 Å². The van der Waals surface area contributed by atoms with E-state index >= 15 is 0 Å². The summed E-state index contributed by atoms with van der Waals surface area (Å²) >= 11 is 2.78. The van der Waals surface area contributed by atoms with E-state index in [1.807, 2.05) is 11.5 Å². The third-order valence-corrected chi connectivity index (χ3v) is 6.56. The molecule has 0 unspecified atom stereocenters. The lowest BCUT2D eigenvalue weighted by Crippen LogP contribution is -2.24. The van der Waals surface area contributed by atoms with Gasteiger partial charge in [-0.2, -0.15) is 0 Å². The number of carbonyl (C=O) groups is 2. The van der Waals surface area contributed by atoms with E-state index in [2.05, 4.69) is 22.1 Å². The SMILES string of the molecule is C=CCn1c(C)nnc1S[C@H](C)C(=O)Nc1sc2c(c1C(N)=O)CCC2. The molecule has 2 aromatic rings. The van der Waals surface area contributed by atoms with Gasteiger partial charge >= 0.3 is 0 Å². The Hall–Kier alpha value is -2.13. The quantitative estimate of drug-likeness (QED) is 0.558. The van der Waals surface area contributed by atoms with Crippen molar-refractivity contribution in [2.75, 3.05) is 5.32 Å². The van der Waals surface area contributed by atoms with Crippen LogP contribution in [0.3, 0.4) is 0 Å². The number of allylic oxidation sites excluding steroid dienone is 1. The van der Waals surface area contributed by atoms with Crippen LogP contribution in [0.25, 0.3) is 0 Å². The number of nitrogens with two attached hydrogens (primary N) is 1. The first-order valence-electron chi connectivity index (χ1n) is 8.35. The van der Waals surface area contributed by atoms with Gasteiger partial charge in [0.05, 0.1) is 10.8 Å². The molecule has 0 aromatic carbocycles. The van der Waals surface area contributed by atoms with Crippen molar-refractivity contribution < 1.29 is 9.59 Å². The van der Waals surface area contributed by atoms with Crippen LogP contribution in [0.1, 0.15) is 40.0 Å². The fourth-order valence-corrected chi connectivity index (χ4v) is 5.17. The molecule has 7 nitrogen and oxygen atoms in total. The van der Waals surface area contributed by atoms with E-state index in [0.29, 0.717) is 22.3 Å². The average molecular weight is 392 g/mol.